The number of fused-ring (bicyclic) bond motifs is 1. The van der Waals surface area contributed by atoms with Crippen LogP contribution < -0.4 is 10.1 Å². The first-order chi connectivity index (χ1) is 10.2. The lowest BCUT2D eigenvalue weighted by Gasteiger charge is -2.24. The van der Waals surface area contributed by atoms with Crippen LogP contribution in [0.2, 0.25) is 0 Å². The summed E-state index contributed by atoms with van der Waals surface area (Å²) in [6.45, 7) is 9.81. The highest BCUT2D eigenvalue weighted by molar-refractivity contribution is 5.91. The van der Waals surface area contributed by atoms with Gasteiger partial charge in [-0.2, -0.15) is 0 Å². The fourth-order valence-corrected chi connectivity index (χ4v) is 2.56. The second-order valence-corrected chi connectivity index (χ2v) is 5.27. The van der Waals surface area contributed by atoms with Crippen LogP contribution >= 0.6 is 0 Å². The summed E-state index contributed by atoms with van der Waals surface area (Å²) in [6, 6.07) is 8.43. The molecule has 2 aromatic rings. The maximum atomic E-state index is 5.26. The molecule has 0 radical (unpaired) electrons. The van der Waals surface area contributed by atoms with Crippen LogP contribution in [0.4, 0.5) is 5.69 Å². The second-order valence-electron chi connectivity index (χ2n) is 5.27. The molecule has 0 aliphatic carbocycles. The molecular weight excluding hydrogens is 262 g/mol. The average molecular weight is 287 g/mol. The van der Waals surface area contributed by atoms with E-state index in [1.165, 1.54) is 0 Å². The van der Waals surface area contributed by atoms with E-state index in [1.54, 1.807) is 7.11 Å². The Morgan fingerprint density at radius 2 is 2.00 bits per heavy atom. The Bertz CT molecular complexity index is 581. The van der Waals surface area contributed by atoms with Crippen molar-refractivity contribution in [1.29, 1.82) is 0 Å². The number of methoxy groups -OCH3 is 1. The minimum absolute atomic E-state index is 0.387. The minimum Gasteiger partial charge on any atom is -0.497 e. The predicted molar refractivity (Wildman–Crippen MR) is 89.2 cm³/mol. The van der Waals surface area contributed by atoms with Crippen molar-refractivity contribution in [3.05, 3.63) is 30.5 Å². The zero-order chi connectivity index (χ0) is 15.2. The quantitative estimate of drug-likeness (QED) is 0.847. The molecule has 1 atom stereocenters. The van der Waals surface area contributed by atoms with Crippen molar-refractivity contribution in [3.63, 3.8) is 0 Å². The van der Waals surface area contributed by atoms with Crippen LogP contribution in [-0.2, 0) is 0 Å². The molecule has 0 aliphatic rings. The number of benzene rings is 1. The zero-order valence-corrected chi connectivity index (χ0v) is 13.4. The third kappa shape index (κ3) is 3.85. The van der Waals surface area contributed by atoms with Crippen LogP contribution in [0.15, 0.2) is 30.5 Å². The van der Waals surface area contributed by atoms with E-state index < -0.39 is 0 Å². The van der Waals surface area contributed by atoms with Crippen molar-refractivity contribution in [2.75, 3.05) is 32.1 Å². The number of hydrogen-bond acceptors (Lipinski definition) is 4. The lowest BCUT2D eigenvalue weighted by Crippen LogP contribution is -2.34. The summed E-state index contributed by atoms with van der Waals surface area (Å²) in [5.41, 5.74) is 2.08. The van der Waals surface area contributed by atoms with Gasteiger partial charge in [0.25, 0.3) is 0 Å². The van der Waals surface area contributed by atoms with E-state index in [0.29, 0.717) is 6.04 Å². The minimum atomic E-state index is 0.387. The SMILES string of the molecule is CCN(CC)CC(C)Nc1ccnc2cc(OC)ccc12. The molecule has 0 aliphatic heterocycles. The van der Waals surface area contributed by atoms with Crippen LogP contribution in [0, 0.1) is 0 Å². The van der Waals surface area contributed by atoms with E-state index in [0.717, 1.165) is 42.0 Å². The molecule has 0 bridgehead atoms. The standard InChI is InChI=1S/C17H25N3O/c1-5-20(6-2)12-13(3)19-16-9-10-18-17-11-14(21-4)7-8-15(16)17/h7-11,13H,5-6,12H2,1-4H3,(H,18,19). The van der Waals surface area contributed by atoms with Crippen molar-refractivity contribution in [3.8, 4) is 5.75 Å². The molecule has 1 aromatic carbocycles. The van der Waals surface area contributed by atoms with Gasteiger partial charge in [0, 0.05) is 35.9 Å². The zero-order valence-electron chi connectivity index (χ0n) is 13.4. The second kappa shape index (κ2) is 7.27. The summed E-state index contributed by atoms with van der Waals surface area (Å²) in [6.07, 6.45) is 1.84. The smallest absolute Gasteiger partial charge is 0.121 e. The number of nitrogens with zero attached hydrogens (tertiary/aromatic N) is 2. The molecule has 0 saturated heterocycles. The van der Waals surface area contributed by atoms with Gasteiger partial charge in [0.05, 0.1) is 12.6 Å². The van der Waals surface area contributed by atoms with Crippen molar-refractivity contribution < 1.29 is 4.74 Å². The number of likely N-dealkylation sites (N-methyl/N-ethyl adjacent to an activating group) is 1. The fourth-order valence-electron chi connectivity index (χ4n) is 2.56. The molecule has 114 valence electrons. The van der Waals surface area contributed by atoms with Gasteiger partial charge in [-0.1, -0.05) is 13.8 Å². The van der Waals surface area contributed by atoms with Gasteiger partial charge in [0.15, 0.2) is 0 Å². The maximum Gasteiger partial charge on any atom is 0.121 e. The summed E-state index contributed by atoms with van der Waals surface area (Å²) < 4.78 is 5.26. The summed E-state index contributed by atoms with van der Waals surface area (Å²) in [4.78, 5) is 6.84. The lowest BCUT2D eigenvalue weighted by molar-refractivity contribution is 0.295. The number of rotatable bonds is 7. The molecule has 4 heteroatoms. The number of nitrogens with one attached hydrogen (secondary N) is 1. The molecule has 21 heavy (non-hydrogen) atoms. The van der Waals surface area contributed by atoms with E-state index >= 15 is 0 Å². The Morgan fingerprint density at radius 1 is 1.24 bits per heavy atom. The van der Waals surface area contributed by atoms with Gasteiger partial charge in [0.2, 0.25) is 0 Å². The predicted octanol–water partition coefficient (Wildman–Crippen LogP) is 3.39. The van der Waals surface area contributed by atoms with E-state index in [-0.39, 0.29) is 0 Å². The van der Waals surface area contributed by atoms with E-state index in [4.69, 9.17) is 4.74 Å². The molecule has 1 heterocycles. The number of pyridine rings is 1. The van der Waals surface area contributed by atoms with Crippen molar-refractivity contribution in [2.45, 2.75) is 26.8 Å². The van der Waals surface area contributed by atoms with Gasteiger partial charge in [-0.25, -0.2) is 0 Å². The number of hydrogen-bond donors (Lipinski definition) is 1. The van der Waals surface area contributed by atoms with Crippen LogP contribution in [0.25, 0.3) is 10.9 Å². The number of aromatic nitrogens is 1. The summed E-state index contributed by atoms with van der Waals surface area (Å²) in [7, 11) is 1.68. The number of anilines is 1. The Morgan fingerprint density at radius 3 is 2.67 bits per heavy atom. The topological polar surface area (TPSA) is 37.4 Å². The number of ether oxygens (including phenoxy) is 1. The van der Waals surface area contributed by atoms with Gasteiger partial charge in [-0.05, 0) is 38.2 Å². The van der Waals surface area contributed by atoms with Crippen LogP contribution in [0.1, 0.15) is 20.8 Å². The van der Waals surface area contributed by atoms with Gasteiger partial charge in [-0.15, -0.1) is 0 Å². The van der Waals surface area contributed by atoms with E-state index in [1.807, 2.05) is 24.4 Å². The molecular formula is C17H25N3O. The highest BCUT2D eigenvalue weighted by Gasteiger charge is 2.09. The van der Waals surface area contributed by atoms with Crippen molar-refractivity contribution in [2.24, 2.45) is 0 Å². The fraction of sp³-hybridized carbons (Fsp3) is 0.471. The molecule has 2 rings (SSSR count). The van der Waals surface area contributed by atoms with E-state index in [2.05, 4.69) is 42.0 Å². The third-order valence-corrected chi connectivity index (χ3v) is 3.78. The Balaban J connectivity index is 2.18. The monoisotopic (exact) mass is 287 g/mol. The van der Waals surface area contributed by atoms with Crippen LogP contribution in [0.3, 0.4) is 0 Å². The molecule has 0 spiro atoms. The Kier molecular flexibility index (Phi) is 5.39. The Labute approximate surface area is 127 Å². The summed E-state index contributed by atoms with van der Waals surface area (Å²) in [5.74, 6) is 0.836. The third-order valence-electron chi connectivity index (χ3n) is 3.78. The maximum absolute atomic E-state index is 5.26. The molecule has 1 aromatic heterocycles. The highest BCUT2D eigenvalue weighted by atomic mass is 16.5. The summed E-state index contributed by atoms with van der Waals surface area (Å²) in [5, 5.41) is 4.73. The molecule has 1 unspecified atom stereocenters. The Hall–Kier alpha value is -1.81. The first-order valence-electron chi connectivity index (χ1n) is 7.59. The van der Waals surface area contributed by atoms with Gasteiger partial charge in [0.1, 0.15) is 5.75 Å². The average Bonchev–Trinajstić information content (AvgIpc) is 2.52. The normalized spacial score (nSPS) is 12.6. The molecule has 4 nitrogen and oxygen atoms in total. The van der Waals surface area contributed by atoms with Crippen molar-refractivity contribution in [1.82, 2.24) is 9.88 Å². The first-order valence-corrected chi connectivity index (χ1v) is 7.59. The molecule has 0 saturated carbocycles. The summed E-state index contributed by atoms with van der Waals surface area (Å²) >= 11 is 0. The van der Waals surface area contributed by atoms with Gasteiger partial charge in [-0.3, -0.25) is 4.98 Å². The molecule has 0 amide bonds. The largest absolute Gasteiger partial charge is 0.497 e. The van der Waals surface area contributed by atoms with E-state index in [9.17, 15) is 0 Å². The van der Waals surface area contributed by atoms with Gasteiger partial charge < -0.3 is 15.0 Å². The van der Waals surface area contributed by atoms with Crippen LogP contribution in [0.5, 0.6) is 5.75 Å². The van der Waals surface area contributed by atoms with Gasteiger partial charge >= 0.3 is 0 Å². The molecule has 0 fully saturated rings. The first kappa shape index (κ1) is 15.6. The molecule has 1 N–H and O–H groups in total. The van der Waals surface area contributed by atoms with Crippen molar-refractivity contribution >= 4 is 16.6 Å². The highest BCUT2D eigenvalue weighted by Crippen LogP contribution is 2.25. The lowest BCUT2D eigenvalue weighted by atomic mass is 10.1. The van der Waals surface area contributed by atoms with Crippen LogP contribution in [-0.4, -0.2) is 42.7 Å².